The molecule has 0 spiro atoms. The first-order valence-corrected chi connectivity index (χ1v) is 10.9. The average molecular weight is 500 g/mol. The number of nitrogens with zero attached hydrogens (tertiary/aromatic N) is 3. The Kier molecular flexibility index (Phi) is 7.25. The molecule has 1 aliphatic heterocycles. The van der Waals surface area contributed by atoms with E-state index in [4.69, 9.17) is 45.3 Å². The van der Waals surface area contributed by atoms with Gasteiger partial charge in [-0.2, -0.15) is 18.3 Å². The fraction of sp³-hybridized carbons (Fsp3) is 0.550. The minimum Gasteiger partial charge on any atom is -0.495 e. The summed E-state index contributed by atoms with van der Waals surface area (Å²) in [4.78, 5) is 2.13. The van der Waals surface area contributed by atoms with E-state index >= 15 is 0 Å². The fourth-order valence-electron chi connectivity index (χ4n) is 4.08. The number of piperidine rings is 1. The van der Waals surface area contributed by atoms with Gasteiger partial charge in [0.15, 0.2) is 5.69 Å². The Hall–Kier alpha value is -1.35. The molecule has 0 radical (unpaired) electrons. The van der Waals surface area contributed by atoms with Crippen molar-refractivity contribution in [3.8, 4) is 5.75 Å². The molecule has 0 amide bonds. The Morgan fingerprint density at radius 3 is 2.29 bits per heavy atom. The van der Waals surface area contributed by atoms with Crippen LogP contribution >= 0.6 is 34.8 Å². The lowest BCUT2D eigenvalue weighted by Gasteiger charge is -2.38. The van der Waals surface area contributed by atoms with E-state index in [1.807, 2.05) is 0 Å². The zero-order chi connectivity index (χ0) is 23.1. The van der Waals surface area contributed by atoms with Gasteiger partial charge in [-0.05, 0) is 38.7 Å². The number of anilines is 1. The number of methoxy groups -OCH3 is 1. The van der Waals surface area contributed by atoms with E-state index in [2.05, 4.69) is 10.00 Å². The summed E-state index contributed by atoms with van der Waals surface area (Å²) in [5.74, 6) is 0.649. The third kappa shape index (κ3) is 4.87. The molecule has 2 aromatic rings. The molecule has 5 nitrogen and oxygen atoms in total. The Morgan fingerprint density at radius 1 is 1.16 bits per heavy atom. The molecule has 2 atom stereocenters. The molecule has 2 N–H and O–H groups in total. The zero-order valence-electron chi connectivity index (χ0n) is 17.3. The minimum absolute atomic E-state index is 0.107. The van der Waals surface area contributed by atoms with Crippen LogP contribution in [0, 0.1) is 12.8 Å². The first-order chi connectivity index (χ1) is 14.5. The van der Waals surface area contributed by atoms with Gasteiger partial charge < -0.3 is 15.4 Å². The van der Waals surface area contributed by atoms with Crippen LogP contribution in [0.4, 0.5) is 18.9 Å². The van der Waals surface area contributed by atoms with Crippen LogP contribution in [0.5, 0.6) is 5.75 Å². The van der Waals surface area contributed by atoms with E-state index in [1.54, 1.807) is 26.2 Å². The van der Waals surface area contributed by atoms with Crippen LogP contribution in [-0.2, 0) is 6.18 Å². The number of rotatable bonds is 5. The number of nitrogens with two attached hydrogens (primary N) is 1. The van der Waals surface area contributed by atoms with Crippen molar-refractivity contribution in [3.05, 3.63) is 38.6 Å². The highest BCUT2D eigenvalue weighted by atomic mass is 35.5. The van der Waals surface area contributed by atoms with E-state index in [0.717, 1.165) is 18.5 Å². The molecule has 11 heteroatoms. The Bertz CT molecular complexity index is 943. The zero-order valence-corrected chi connectivity index (χ0v) is 19.6. The Balaban J connectivity index is 1.72. The molecule has 1 saturated heterocycles. The maximum Gasteiger partial charge on any atom is 0.436 e. The standard InChI is InChI=1S/C20H24Cl3F3N4O/c1-10-17(23)19(20(24,25)26)28-30(10)11(2)18(27)12-4-6-29(7-5-12)15-9-16(31-3)14(22)8-13(15)21/h8-9,11-12,18H,4-7,27H2,1-3H3. The summed E-state index contributed by atoms with van der Waals surface area (Å²) in [5.41, 5.74) is 6.48. The van der Waals surface area contributed by atoms with Gasteiger partial charge in [0.25, 0.3) is 0 Å². The van der Waals surface area contributed by atoms with Gasteiger partial charge in [-0.1, -0.05) is 34.8 Å². The van der Waals surface area contributed by atoms with Crippen LogP contribution in [0.15, 0.2) is 12.1 Å². The van der Waals surface area contributed by atoms with Crippen LogP contribution < -0.4 is 15.4 Å². The predicted molar refractivity (Wildman–Crippen MR) is 118 cm³/mol. The quantitative estimate of drug-likeness (QED) is 0.549. The second-order valence-corrected chi connectivity index (χ2v) is 8.96. The van der Waals surface area contributed by atoms with Gasteiger partial charge in [-0.15, -0.1) is 0 Å². The molecular weight excluding hydrogens is 476 g/mol. The van der Waals surface area contributed by atoms with Crippen molar-refractivity contribution in [1.29, 1.82) is 0 Å². The van der Waals surface area contributed by atoms with Crippen molar-refractivity contribution in [2.24, 2.45) is 11.7 Å². The molecule has 1 fully saturated rings. The molecule has 0 aliphatic carbocycles. The van der Waals surface area contributed by atoms with Gasteiger partial charge in [0.1, 0.15) is 5.75 Å². The highest BCUT2D eigenvalue weighted by molar-refractivity contribution is 6.37. The number of hydrogen-bond acceptors (Lipinski definition) is 4. The molecule has 2 heterocycles. The van der Waals surface area contributed by atoms with Gasteiger partial charge in [-0.3, -0.25) is 4.68 Å². The van der Waals surface area contributed by atoms with E-state index in [-0.39, 0.29) is 22.7 Å². The van der Waals surface area contributed by atoms with Crippen molar-refractivity contribution in [3.63, 3.8) is 0 Å². The number of benzene rings is 1. The molecule has 1 aromatic heterocycles. The van der Waals surface area contributed by atoms with E-state index in [9.17, 15) is 13.2 Å². The largest absolute Gasteiger partial charge is 0.495 e. The normalized spacial score (nSPS) is 17.7. The van der Waals surface area contributed by atoms with Crippen LogP contribution in [0.3, 0.4) is 0 Å². The Morgan fingerprint density at radius 2 is 1.77 bits per heavy atom. The second-order valence-electron chi connectivity index (χ2n) is 7.77. The number of halogens is 6. The molecule has 172 valence electrons. The van der Waals surface area contributed by atoms with E-state index in [0.29, 0.717) is 28.9 Å². The highest BCUT2D eigenvalue weighted by Gasteiger charge is 2.39. The molecule has 2 unspecified atom stereocenters. The molecule has 0 bridgehead atoms. The maximum absolute atomic E-state index is 13.2. The van der Waals surface area contributed by atoms with Gasteiger partial charge in [-0.25, -0.2) is 0 Å². The number of ether oxygens (including phenoxy) is 1. The summed E-state index contributed by atoms with van der Waals surface area (Å²) < 4.78 is 46.0. The summed E-state index contributed by atoms with van der Waals surface area (Å²) in [5, 5.41) is 4.31. The van der Waals surface area contributed by atoms with Crippen LogP contribution in [0.2, 0.25) is 15.1 Å². The lowest BCUT2D eigenvalue weighted by molar-refractivity contribution is -0.141. The topological polar surface area (TPSA) is 56.3 Å². The highest BCUT2D eigenvalue weighted by Crippen LogP contribution is 2.39. The summed E-state index contributed by atoms with van der Waals surface area (Å²) in [6.07, 6.45) is -3.10. The molecule has 0 saturated carbocycles. The smallest absolute Gasteiger partial charge is 0.436 e. The lowest BCUT2D eigenvalue weighted by atomic mass is 9.86. The molecule has 1 aliphatic rings. The first kappa shape index (κ1) is 24.3. The van der Waals surface area contributed by atoms with Crippen LogP contribution in [0.1, 0.15) is 37.2 Å². The summed E-state index contributed by atoms with van der Waals surface area (Å²) in [7, 11) is 1.54. The van der Waals surface area contributed by atoms with Gasteiger partial charge in [0.2, 0.25) is 0 Å². The molecular formula is C20H24Cl3F3N4O. The van der Waals surface area contributed by atoms with E-state index in [1.165, 1.54) is 11.6 Å². The average Bonchev–Trinajstić information content (AvgIpc) is 3.02. The van der Waals surface area contributed by atoms with Crippen LogP contribution in [-0.4, -0.2) is 36.0 Å². The van der Waals surface area contributed by atoms with Crippen molar-refractivity contribution in [2.45, 2.75) is 44.9 Å². The van der Waals surface area contributed by atoms with Gasteiger partial charge >= 0.3 is 6.18 Å². The minimum atomic E-state index is -4.61. The molecule has 3 rings (SSSR count). The summed E-state index contributed by atoms with van der Waals surface area (Å²) >= 11 is 18.4. The summed E-state index contributed by atoms with van der Waals surface area (Å²) in [6.45, 7) is 4.69. The van der Waals surface area contributed by atoms with Crippen molar-refractivity contribution in [1.82, 2.24) is 9.78 Å². The van der Waals surface area contributed by atoms with Crippen LogP contribution in [0.25, 0.3) is 0 Å². The number of alkyl halides is 3. The van der Waals surface area contributed by atoms with Gasteiger partial charge in [0, 0.05) is 25.2 Å². The Labute approximate surface area is 194 Å². The SMILES string of the molecule is COc1cc(N2CCC(C(N)C(C)n3nc(C(F)(F)F)c(Cl)c3C)CC2)c(Cl)cc1Cl. The first-order valence-electron chi connectivity index (χ1n) is 9.81. The number of hydrogen-bond donors (Lipinski definition) is 1. The third-order valence-electron chi connectivity index (χ3n) is 5.93. The number of aromatic nitrogens is 2. The summed E-state index contributed by atoms with van der Waals surface area (Å²) in [6, 6.07) is 2.64. The van der Waals surface area contributed by atoms with Crippen molar-refractivity contribution >= 4 is 40.5 Å². The third-order valence-corrected chi connectivity index (χ3v) is 6.98. The fourth-order valence-corrected chi connectivity index (χ4v) is 4.89. The maximum atomic E-state index is 13.2. The molecule has 1 aromatic carbocycles. The van der Waals surface area contributed by atoms with Crippen molar-refractivity contribution < 1.29 is 17.9 Å². The second kappa shape index (κ2) is 9.25. The molecule has 31 heavy (non-hydrogen) atoms. The van der Waals surface area contributed by atoms with Gasteiger partial charge in [0.05, 0.1) is 39.6 Å². The van der Waals surface area contributed by atoms with Crippen molar-refractivity contribution in [2.75, 3.05) is 25.1 Å². The monoisotopic (exact) mass is 498 g/mol. The lowest BCUT2D eigenvalue weighted by Crippen LogP contribution is -2.44. The van der Waals surface area contributed by atoms with E-state index < -0.39 is 17.9 Å². The predicted octanol–water partition coefficient (Wildman–Crippen LogP) is 5.98.